The maximum atomic E-state index is 13.5. The molecule has 1 N–H and O–H groups in total. The van der Waals surface area contributed by atoms with E-state index in [0.29, 0.717) is 0 Å². The van der Waals surface area contributed by atoms with E-state index in [1.807, 2.05) is 6.07 Å². The monoisotopic (exact) mass is 271 g/mol. The molecule has 0 saturated heterocycles. The summed E-state index contributed by atoms with van der Waals surface area (Å²) >= 11 is 0. The quantitative estimate of drug-likeness (QED) is 0.866. The van der Waals surface area contributed by atoms with Crippen LogP contribution in [0.3, 0.4) is 0 Å². The van der Waals surface area contributed by atoms with Crippen LogP contribution in [0.4, 0.5) is 4.39 Å². The molecule has 0 radical (unpaired) electrons. The normalized spacial score (nSPS) is 12.4. The van der Waals surface area contributed by atoms with Gasteiger partial charge in [0.2, 0.25) is 0 Å². The fraction of sp³-hybridized carbons (Fsp3) is 0.333. The van der Waals surface area contributed by atoms with E-state index in [0.717, 1.165) is 12.1 Å². The lowest BCUT2D eigenvalue weighted by Crippen LogP contribution is -2.23. The minimum atomic E-state index is -0.187. The second-order valence-electron chi connectivity index (χ2n) is 5.36. The van der Waals surface area contributed by atoms with Gasteiger partial charge in [0.15, 0.2) is 0 Å². The molecule has 2 aromatic carbocycles. The highest BCUT2D eigenvalue weighted by Crippen LogP contribution is 2.29. The number of halogens is 1. The first kappa shape index (κ1) is 14.7. The molecule has 2 heteroatoms. The molecule has 0 spiro atoms. The number of nitrogens with one attached hydrogen (secondary N) is 1. The van der Waals surface area contributed by atoms with Crippen molar-refractivity contribution in [1.82, 2.24) is 5.32 Å². The summed E-state index contributed by atoms with van der Waals surface area (Å²) in [5, 5.41) is 3.48. The third kappa shape index (κ3) is 3.07. The summed E-state index contributed by atoms with van der Waals surface area (Å²) in [7, 11) is 0. The Kier molecular flexibility index (Phi) is 4.56. The first-order valence-corrected chi connectivity index (χ1v) is 7.09. The summed E-state index contributed by atoms with van der Waals surface area (Å²) in [6.07, 6.45) is 0. The van der Waals surface area contributed by atoms with Gasteiger partial charge in [0.25, 0.3) is 0 Å². The van der Waals surface area contributed by atoms with Crippen LogP contribution < -0.4 is 5.32 Å². The van der Waals surface area contributed by atoms with E-state index in [1.165, 1.54) is 28.3 Å². The Bertz CT molecular complexity index is 581. The van der Waals surface area contributed by atoms with Crippen LogP contribution >= 0.6 is 0 Å². The fourth-order valence-corrected chi connectivity index (χ4v) is 2.92. The first-order valence-electron chi connectivity index (χ1n) is 7.09. The molecule has 2 aromatic rings. The maximum absolute atomic E-state index is 13.5. The number of rotatable bonds is 4. The Hall–Kier alpha value is -1.67. The topological polar surface area (TPSA) is 12.0 Å². The predicted molar refractivity (Wildman–Crippen MR) is 82.6 cm³/mol. The molecule has 2 rings (SSSR count). The molecule has 1 unspecified atom stereocenters. The zero-order valence-electron chi connectivity index (χ0n) is 12.6. The van der Waals surface area contributed by atoms with Gasteiger partial charge in [-0.25, -0.2) is 4.39 Å². The molecule has 20 heavy (non-hydrogen) atoms. The standard InChI is InChI=1S/C18H22FN/c1-5-20-18(15-7-6-8-16(19)11-15)17-13(3)9-12(2)10-14(17)4/h6-11,18,20H,5H2,1-4H3. The molecule has 1 nitrogen and oxygen atoms in total. The van der Waals surface area contributed by atoms with Crippen LogP contribution in [-0.2, 0) is 0 Å². The summed E-state index contributed by atoms with van der Waals surface area (Å²) in [4.78, 5) is 0. The van der Waals surface area contributed by atoms with Crippen LogP contribution in [0.5, 0.6) is 0 Å². The molecule has 106 valence electrons. The fourth-order valence-electron chi connectivity index (χ4n) is 2.92. The molecule has 0 amide bonds. The molecule has 0 aliphatic rings. The van der Waals surface area contributed by atoms with Crippen LogP contribution in [0.2, 0.25) is 0 Å². The van der Waals surface area contributed by atoms with Crippen molar-refractivity contribution in [2.75, 3.05) is 6.54 Å². The first-order chi connectivity index (χ1) is 9.52. The van der Waals surface area contributed by atoms with E-state index in [-0.39, 0.29) is 11.9 Å². The summed E-state index contributed by atoms with van der Waals surface area (Å²) in [5.74, 6) is -0.187. The molecule has 0 saturated carbocycles. The largest absolute Gasteiger partial charge is 0.307 e. The molecule has 0 aliphatic heterocycles. The second kappa shape index (κ2) is 6.19. The third-order valence-corrected chi connectivity index (χ3v) is 3.62. The van der Waals surface area contributed by atoms with E-state index >= 15 is 0 Å². The van der Waals surface area contributed by atoms with Gasteiger partial charge in [0, 0.05) is 0 Å². The predicted octanol–water partition coefficient (Wildman–Crippen LogP) is 4.45. The molecule has 0 aromatic heterocycles. The van der Waals surface area contributed by atoms with Gasteiger partial charge in [-0.15, -0.1) is 0 Å². The van der Waals surface area contributed by atoms with Crippen molar-refractivity contribution < 1.29 is 4.39 Å². The van der Waals surface area contributed by atoms with Crippen LogP contribution in [0, 0.1) is 26.6 Å². The number of hydrogen-bond donors (Lipinski definition) is 1. The van der Waals surface area contributed by atoms with Gasteiger partial charge in [-0.2, -0.15) is 0 Å². The Balaban J connectivity index is 2.54. The minimum Gasteiger partial charge on any atom is -0.307 e. The summed E-state index contributed by atoms with van der Waals surface area (Å²) < 4.78 is 13.5. The number of aryl methyl sites for hydroxylation is 3. The second-order valence-corrected chi connectivity index (χ2v) is 5.36. The summed E-state index contributed by atoms with van der Waals surface area (Å²) in [6.45, 7) is 9.27. The lowest BCUT2D eigenvalue weighted by molar-refractivity contribution is 0.600. The highest BCUT2D eigenvalue weighted by atomic mass is 19.1. The molecular weight excluding hydrogens is 249 g/mol. The van der Waals surface area contributed by atoms with E-state index in [1.54, 1.807) is 12.1 Å². The average molecular weight is 271 g/mol. The highest BCUT2D eigenvalue weighted by molar-refractivity contribution is 5.44. The van der Waals surface area contributed by atoms with Gasteiger partial charge in [-0.05, 0) is 61.7 Å². The summed E-state index contributed by atoms with van der Waals surface area (Å²) in [5.41, 5.74) is 5.98. The van der Waals surface area contributed by atoms with E-state index in [4.69, 9.17) is 0 Å². The third-order valence-electron chi connectivity index (χ3n) is 3.62. The SMILES string of the molecule is CCNC(c1cccc(F)c1)c1c(C)cc(C)cc1C. The average Bonchev–Trinajstić information content (AvgIpc) is 2.36. The summed E-state index contributed by atoms with van der Waals surface area (Å²) in [6, 6.07) is 11.3. The minimum absolute atomic E-state index is 0.0382. The lowest BCUT2D eigenvalue weighted by atomic mass is 9.90. The Labute approximate surface area is 120 Å². The van der Waals surface area contributed by atoms with Gasteiger partial charge >= 0.3 is 0 Å². The van der Waals surface area contributed by atoms with Gasteiger partial charge < -0.3 is 5.32 Å². The van der Waals surface area contributed by atoms with Crippen molar-refractivity contribution in [2.45, 2.75) is 33.7 Å². The van der Waals surface area contributed by atoms with Crippen LogP contribution in [0.25, 0.3) is 0 Å². The molecule has 0 bridgehead atoms. The van der Waals surface area contributed by atoms with Crippen LogP contribution in [-0.4, -0.2) is 6.54 Å². The lowest BCUT2D eigenvalue weighted by Gasteiger charge is -2.23. The number of benzene rings is 2. The van der Waals surface area contributed by atoms with Crippen LogP contribution in [0.1, 0.15) is 40.8 Å². The van der Waals surface area contributed by atoms with Gasteiger partial charge in [0.1, 0.15) is 5.82 Å². The van der Waals surface area contributed by atoms with Gasteiger partial charge in [0.05, 0.1) is 6.04 Å². The van der Waals surface area contributed by atoms with Crippen molar-refractivity contribution in [1.29, 1.82) is 0 Å². The van der Waals surface area contributed by atoms with Crippen molar-refractivity contribution in [3.8, 4) is 0 Å². The van der Waals surface area contributed by atoms with Crippen molar-refractivity contribution in [2.24, 2.45) is 0 Å². The molecule has 0 aliphatic carbocycles. The van der Waals surface area contributed by atoms with Crippen molar-refractivity contribution in [3.63, 3.8) is 0 Å². The zero-order chi connectivity index (χ0) is 14.7. The Morgan fingerprint density at radius 2 is 1.70 bits per heavy atom. The molecule has 0 fully saturated rings. The molecule has 1 atom stereocenters. The smallest absolute Gasteiger partial charge is 0.123 e. The molecule has 0 heterocycles. The van der Waals surface area contributed by atoms with E-state index in [2.05, 4.69) is 45.1 Å². The van der Waals surface area contributed by atoms with Crippen molar-refractivity contribution >= 4 is 0 Å². The Morgan fingerprint density at radius 1 is 1.05 bits per heavy atom. The maximum Gasteiger partial charge on any atom is 0.123 e. The van der Waals surface area contributed by atoms with Gasteiger partial charge in [-0.1, -0.05) is 36.8 Å². The van der Waals surface area contributed by atoms with Crippen LogP contribution in [0.15, 0.2) is 36.4 Å². The highest BCUT2D eigenvalue weighted by Gasteiger charge is 2.18. The Morgan fingerprint density at radius 3 is 2.25 bits per heavy atom. The van der Waals surface area contributed by atoms with Crippen molar-refractivity contribution in [3.05, 3.63) is 70.0 Å². The van der Waals surface area contributed by atoms with Gasteiger partial charge in [-0.3, -0.25) is 0 Å². The van der Waals surface area contributed by atoms with E-state index < -0.39 is 0 Å². The molecular formula is C18H22FN. The zero-order valence-corrected chi connectivity index (χ0v) is 12.6. The van der Waals surface area contributed by atoms with E-state index in [9.17, 15) is 4.39 Å². The number of hydrogen-bond acceptors (Lipinski definition) is 1.